The molecule has 0 atom stereocenters. The normalized spacial score (nSPS) is 10.2. The fraction of sp³-hybridized carbons (Fsp3) is 0.938. The van der Waals surface area contributed by atoms with E-state index in [4.69, 9.17) is 5.11 Å². The molecule has 0 heterocycles. The van der Waals surface area contributed by atoms with E-state index >= 15 is 0 Å². The van der Waals surface area contributed by atoms with Gasteiger partial charge in [0.2, 0.25) is 0 Å². The van der Waals surface area contributed by atoms with Crippen LogP contribution in [-0.2, 0) is 25.9 Å². The van der Waals surface area contributed by atoms with Crippen molar-refractivity contribution in [1.82, 2.24) is 0 Å². The van der Waals surface area contributed by atoms with Gasteiger partial charge in [-0.25, -0.2) is 0 Å². The number of carboxylic acid groups (broad SMARTS) is 1. The Balaban J connectivity index is 0. The van der Waals surface area contributed by atoms with Gasteiger partial charge in [-0.1, -0.05) is 84.0 Å². The Labute approximate surface area is 134 Å². The quantitative estimate of drug-likeness (QED) is 0.360. The molecule has 0 aliphatic carbocycles. The van der Waals surface area contributed by atoms with Crippen molar-refractivity contribution in [2.75, 3.05) is 0 Å². The van der Waals surface area contributed by atoms with Crippen LogP contribution in [0.25, 0.3) is 0 Å². The summed E-state index contributed by atoms with van der Waals surface area (Å²) in [5, 5.41) is 8.49. The summed E-state index contributed by atoms with van der Waals surface area (Å²) < 4.78 is 0. The molecular formula is C16H32O2W. The van der Waals surface area contributed by atoms with E-state index in [1.54, 1.807) is 0 Å². The molecule has 3 heteroatoms. The standard InChI is InChI=1S/C16H32O2.W/c1-2-3-4-5-6-7-8-9-10-11-12-13-14-15-16(17)18;/h2-15H2,1H3,(H,17,18);. The smallest absolute Gasteiger partial charge is 0.303 e. The van der Waals surface area contributed by atoms with Crippen LogP contribution in [0.4, 0.5) is 0 Å². The second-order valence-electron chi connectivity index (χ2n) is 5.39. The molecule has 0 aliphatic heterocycles. The summed E-state index contributed by atoms with van der Waals surface area (Å²) in [5.74, 6) is -0.655. The van der Waals surface area contributed by atoms with Gasteiger partial charge in [-0.3, -0.25) is 4.79 Å². The van der Waals surface area contributed by atoms with Crippen LogP contribution >= 0.6 is 0 Å². The Bertz CT molecular complexity index is 184. The van der Waals surface area contributed by atoms with Crippen LogP contribution in [0.15, 0.2) is 0 Å². The maximum Gasteiger partial charge on any atom is 0.303 e. The Morgan fingerprint density at radius 1 is 0.684 bits per heavy atom. The first-order valence-electron chi connectivity index (χ1n) is 7.99. The number of rotatable bonds is 14. The van der Waals surface area contributed by atoms with Crippen LogP contribution in [0.3, 0.4) is 0 Å². The van der Waals surface area contributed by atoms with Crippen LogP contribution < -0.4 is 0 Å². The maximum atomic E-state index is 10.3. The number of aliphatic carboxylic acids is 1. The van der Waals surface area contributed by atoms with Gasteiger partial charge in [0.15, 0.2) is 0 Å². The predicted octanol–water partition coefficient (Wildman–Crippen LogP) is 5.55. The molecule has 0 radical (unpaired) electrons. The van der Waals surface area contributed by atoms with Gasteiger partial charge in [0, 0.05) is 27.5 Å². The molecule has 0 aromatic rings. The van der Waals surface area contributed by atoms with E-state index in [2.05, 4.69) is 6.92 Å². The zero-order chi connectivity index (χ0) is 13.5. The summed E-state index contributed by atoms with van der Waals surface area (Å²) in [6, 6.07) is 0. The van der Waals surface area contributed by atoms with Crippen LogP contribution in [0, 0.1) is 0 Å². The minimum atomic E-state index is -0.655. The zero-order valence-electron chi connectivity index (χ0n) is 12.7. The fourth-order valence-electron chi connectivity index (χ4n) is 2.29. The molecule has 0 aliphatic rings. The Hall–Kier alpha value is 0.158. The molecule has 0 rings (SSSR count). The van der Waals surface area contributed by atoms with Crippen molar-refractivity contribution in [3.05, 3.63) is 0 Å². The second kappa shape index (κ2) is 18.2. The second-order valence-corrected chi connectivity index (χ2v) is 5.39. The van der Waals surface area contributed by atoms with Crippen molar-refractivity contribution in [2.45, 2.75) is 96.8 Å². The zero-order valence-corrected chi connectivity index (χ0v) is 15.6. The van der Waals surface area contributed by atoms with Gasteiger partial charge in [0.25, 0.3) is 0 Å². The van der Waals surface area contributed by atoms with Crippen LogP contribution in [0.5, 0.6) is 0 Å². The monoisotopic (exact) mass is 440 g/mol. The first kappa shape index (κ1) is 21.5. The first-order chi connectivity index (χ1) is 8.77. The third kappa shape index (κ3) is 20.6. The van der Waals surface area contributed by atoms with Crippen molar-refractivity contribution in [3.63, 3.8) is 0 Å². The van der Waals surface area contributed by atoms with E-state index in [-0.39, 0.29) is 21.1 Å². The number of carbonyl (C=O) groups is 1. The van der Waals surface area contributed by atoms with Crippen molar-refractivity contribution in [3.8, 4) is 0 Å². The van der Waals surface area contributed by atoms with Crippen molar-refractivity contribution in [1.29, 1.82) is 0 Å². The summed E-state index contributed by atoms with van der Waals surface area (Å²) in [6.45, 7) is 2.26. The SMILES string of the molecule is CCCCCCCCCCCCCCCC(=O)O.[W]. The Kier molecular flexibility index (Phi) is 20.5. The molecule has 0 aromatic carbocycles. The third-order valence-electron chi connectivity index (χ3n) is 3.49. The van der Waals surface area contributed by atoms with Gasteiger partial charge in [0.05, 0.1) is 0 Å². The molecule has 0 saturated carbocycles. The molecule has 0 unspecified atom stereocenters. The average molecular weight is 440 g/mol. The molecular weight excluding hydrogens is 408 g/mol. The largest absolute Gasteiger partial charge is 0.481 e. The molecule has 0 spiro atoms. The van der Waals surface area contributed by atoms with Gasteiger partial charge >= 0.3 is 5.97 Å². The van der Waals surface area contributed by atoms with Gasteiger partial charge in [-0.2, -0.15) is 0 Å². The molecule has 1 N–H and O–H groups in total. The molecule has 19 heavy (non-hydrogen) atoms. The van der Waals surface area contributed by atoms with E-state index in [1.807, 2.05) is 0 Å². The van der Waals surface area contributed by atoms with Gasteiger partial charge < -0.3 is 5.11 Å². The minimum absolute atomic E-state index is 0. The van der Waals surface area contributed by atoms with E-state index < -0.39 is 5.97 Å². The van der Waals surface area contributed by atoms with Gasteiger partial charge in [0.1, 0.15) is 0 Å². The maximum absolute atomic E-state index is 10.3. The molecule has 114 valence electrons. The Morgan fingerprint density at radius 2 is 1.00 bits per heavy atom. The Morgan fingerprint density at radius 3 is 1.32 bits per heavy atom. The molecule has 0 amide bonds. The predicted molar refractivity (Wildman–Crippen MR) is 77.9 cm³/mol. The van der Waals surface area contributed by atoms with E-state index in [1.165, 1.54) is 70.6 Å². The van der Waals surface area contributed by atoms with E-state index in [0.717, 1.165) is 12.8 Å². The van der Waals surface area contributed by atoms with E-state index in [0.29, 0.717) is 6.42 Å². The molecule has 2 nitrogen and oxygen atoms in total. The molecule has 0 bridgehead atoms. The summed E-state index contributed by atoms with van der Waals surface area (Å²) >= 11 is 0. The summed E-state index contributed by atoms with van der Waals surface area (Å²) in [5.41, 5.74) is 0. The van der Waals surface area contributed by atoms with E-state index in [9.17, 15) is 4.79 Å². The summed E-state index contributed by atoms with van der Waals surface area (Å²) in [7, 11) is 0. The van der Waals surface area contributed by atoms with Gasteiger partial charge in [-0.05, 0) is 6.42 Å². The number of carboxylic acids is 1. The third-order valence-corrected chi connectivity index (χ3v) is 3.49. The summed E-state index contributed by atoms with van der Waals surface area (Å²) in [4.78, 5) is 10.3. The fourth-order valence-corrected chi connectivity index (χ4v) is 2.29. The summed E-state index contributed by atoms with van der Waals surface area (Å²) in [6.07, 6.45) is 17.3. The van der Waals surface area contributed by atoms with Crippen LogP contribution in [-0.4, -0.2) is 11.1 Å². The van der Waals surface area contributed by atoms with Crippen molar-refractivity contribution >= 4 is 5.97 Å². The molecule has 0 aromatic heterocycles. The van der Waals surface area contributed by atoms with Gasteiger partial charge in [-0.15, -0.1) is 0 Å². The number of hydrogen-bond donors (Lipinski definition) is 1. The van der Waals surface area contributed by atoms with Crippen LogP contribution in [0.1, 0.15) is 96.8 Å². The minimum Gasteiger partial charge on any atom is -0.481 e. The number of unbranched alkanes of at least 4 members (excludes halogenated alkanes) is 12. The molecule has 0 fully saturated rings. The molecule has 0 saturated heterocycles. The first-order valence-corrected chi connectivity index (χ1v) is 7.99. The van der Waals surface area contributed by atoms with Crippen molar-refractivity contribution < 1.29 is 31.0 Å². The topological polar surface area (TPSA) is 37.3 Å². The van der Waals surface area contributed by atoms with Crippen molar-refractivity contribution in [2.24, 2.45) is 0 Å². The number of hydrogen-bond acceptors (Lipinski definition) is 1. The van der Waals surface area contributed by atoms with Crippen LogP contribution in [0.2, 0.25) is 0 Å². The average Bonchev–Trinajstić information content (AvgIpc) is 2.34.